The topological polar surface area (TPSA) is 68.0 Å². The zero-order chi connectivity index (χ0) is 14.5. The highest BCUT2D eigenvalue weighted by atomic mass is 32.2. The van der Waals surface area contributed by atoms with Crippen LogP contribution in [0.25, 0.3) is 0 Å². The summed E-state index contributed by atoms with van der Waals surface area (Å²) in [6, 6.07) is 0. The summed E-state index contributed by atoms with van der Waals surface area (Å²) >= 11 is 1.24. The molecule has 0 atom stereocenters. The van der Waals surface area contributed by atoms with E-state index in [1.807, 2.05) is 0 Å². The summed E-state index contributed by atoms with van der Waals surface area (Å²) < 4.78 is 2.05. The van der Waals surface area contributed by atoms with Crippen molar-refractivity contribution in [3.8, 4) is 0 Å². The van der Waals surface area contributed by atoms with Crippen molar-refractivity contribution in [2.24, 2.45) is 5.41 Å². The predicted octanol–water partition coefficient (Wildman–Crippen LogP) is 2.84. The molecule has 108 valence electrons. The van der Waals surface area contributed by atoms with Crippen LogP contribution in [0.4, 0.5) is 0 Å². The molecule has 0 fully saturated rings. The van der Waals surface area contributed by atoms with Crippen molar-refractivity contribution in [3.05, 3.63) is 5.82 Å². The van der Waals surface area contributed by atoms with Gasteiger partial charge in [0.2, 0.25) is 0 Å². The molecule has 19 heavy (non-hydrogen) atoms. The number of aliphatic carboxylic acids is 1. The van der Waals surface area contributed by atoms with Gasteiger partial charge in [0.15, 0.2) is 5.16 Å². The van der Waals surface area contributed by atoms with E-state index in [1.165, 1.54) is 11.8 Å². The van der Waals surface area contributed by atoms with E-state index in [2.05, 4.69) is 42.5 Å². The standard InChI is InChI=1S/C13H23N3O2S/c1-5-8-16-10(6-7-13(2,3)4)14-15-12(16)19-9-11(17)18/h5-9H2,1-4H3,(H,17,18). The molecule has 0 saturated carbocycles. The second-order valence-corrected chi connectivity index (χ2v) is 6.74. The summed E-state index contributed by atoms with van der Waals surface area (Å²) in [5.41, 5.74) is 0.261. The Kier molecular flexibility index (Phi) is 5.85. The molecule has 0 spiro atoms. The number of thioether (sulfide) groups is 1. The number of aryl methyl sites for hydroxylation is 1. The minimum absolute atomic E-state index is 0.0289. The van der Waals surface area contributed by atoms with E-state index in [0.29, 0.717) is 5.16 Å². The van der Waals surface area contributed by atoms with Crippen molar-refractivity contribution in [3.63, 3.8) is 0 Å². The molecule has 0 aliphatic carbocycles. The SMILES string of the molecule is CCCn1c(CCC(C)(C)C)nnc1SCC(=O)O. The summed E-state index contributed by atoms with van der Waals surface area (Å²) in [7, 11) is 0. The fourth-order valence-electron chi connectivity index (χ4n) is 1.67. The van der Waals surface area contributed by atoms with Gasteiger partial charge in [-0.2, -0.15) is 0 Å². The Bertz CT molecular complexity index is 424. The van der Waals surface area contributed by atoms with Gasteiger partial charge in [-0.25, -0.2) is 0 Å². The molecule has 0 saturated heterocycles. The Morgan fingerprint density at radius 2 is 2.05 bits per heavy atom. The lowest BCUT2D eigenvalue weighted by molar-refractivity contribution is -0.133. The largest absolute Gasteiger partial charge is 0.481 e. The van der Waals surface area contributed by atoms with Crippen LogP contribution in [-0.4, -0.2) is 31.6 Å². The first kappa shape index (κ1) is 16.0. The van der Waals surface area contributed by atoms with Gasteiger partial charge in [-0.1, -0.05) is 39.5 Å². The molecule has 0 unspecified atom stereocenters. The molecular formula is C13H23N3O2S. The van der Waals surface area contributed by atoms with Gasteiger partial charge in [0.1, 0.15) is 5.82 Å². The normalized spacial score (nSPS) is 11.8. The fraction of sp³-hybridized carbons (Fsp3) is 0.769. The van der Waals surface area contributed by atoms with Gasteiger partial charge >= 0.3 is 5.97 Å². The highest BCUT2D eigenvalue weighted by Crippen LogP contribution is 2.23. The van der Waals surface area contributed by atoms with Gasteiger partial charge in [0.25, 0.3) is 0 Å². The van der Waals surface area contributed by atoms with Crippen LogP contribution in [-0.2, 0) is 17.8 Å². The molecule has 0 radical (unpaired) electrons. The summed E-state index contributed by atoms with van der Waals surface area (Å²) in [5, 5.41) is 17.8. The first-order valence-electron chi connectivity index (χ1n) is 6.60. The highest BCUT2D eigenvalue weighted by molar-refractivity contribution is 7.99. The molecule has 1 rings (SSSR count). The summed E-state index contributed by atoms with van der Waals surface area (Å²) in [6.45, 7) is 9.54. The molecule has 6 heteroatoms. The van der Waals surface area contributed by atoms with Crippen molar-refractivity contribution >= 4 is 17.7 Å². The number of hydrogen-bond donors (Lipinski definition) is 1. The number of carboxylic acid groups (broad SMARTS) is 1. The van der Waals surface area contributed by atoms with Gasteiger partial charge in [-0.15, -0.1) is 10.2 Å². The molecule has 0 amide bonds. The fourth-order valence-corrected chi connectivity index (χ4v) is 2.38. The lowest BCUT2D eigenvalue weighted by atomic mass is 9.90. The van der Waals surface area contributed by atoms with Crippen LogP contribution in [0.15, 0.2) is 5.16 Å². The molecule has 0 aliphatic rings. The van der Waals surface area contributed by atoms with Gasteiger partial charge in [-0.05, 0) is 18.3 Å². The number of carboxylic acids is 1. The van der Waals surface area contributed by atoms with Crippen LogP contribution < -0.4 is 0 Å². The van der Waals surface area contributed by atoms with E-state index in [9.17, 15) is 4.79 Å². The van der Waals surface area contributed by atoms with Crippen LogP contribution in [0.3, 0.4) is 0 Å². The quantitative estimate of drug-likeness (QED) is 0.780. The minimum Gasteiger partial charge on any atom is -0.481 e. The number of aromatic nitrogens is 3. The summed E-state index contributed by atoms with van der Waals surface area (Å²) in [5.74, 6) is 0.165. The number of carbonyl (C=O) groups is 1. The lowest BCUT2D eigenvalue weighted by Gasteiger charge is -2.17. The number of rotatable bonds is 7. The maximum absolute atomic E-state index is 10.6. The third kappa shape index (κ3) is 5.63. The van der Waals surface area contributed by atoms with E-state index in [1.54, 1.807) is 0 Å². The van der Waals surface area contributed by atoms with Crippen molar-refractivity contribution < 1.29 is 9.90 Å². The van der Waals surface area contributed by atoms with Gasteiger partial charge in [0.05, 0.1) is 5.75 Å². The van der Waals surface area contributed by atoms with E-state index in [-0.39, 0.29) is 11.2 Å². The first-order chi connectivity index (χ1) is 8.83. The molecule has 1 aromatic heterocycles. The maximum Gasteiger partial charge on any atom is 0.313 e. The highest BCUT2D eigenvalue weighted by Gasteiger charge is 2.16. The first-order valence-corrected chi connectivity index (χ1v) is 7.58. The lowest BCUT2D eigenvalue weighted by Crippen LogP contribution is -2.11. The Balaban J connectivity index is 2.77. The smallest absolute Gasteiger partial charge is 0.313 e. The molecule has 1 N–H and O–H groups in total. The average molecular weight is 285 g/mol. The van der Waals surface area contributed by atoms with E-state index >= 15 is 0 Å². The molecule has 0 aliphatic heterocycles. The van der Waals surface area contributed by atoms with Gasteiger partial charge in [0, 0.05) is 13.0 Å². The molecule has 1 heterocycles. The summed E-state index contributed by atoms with van der Waals surface area (Å²) in [4.78, 5) is 10.6. The van der Waals surface area contributed by atoms with Crippen LogP contribution in [0.1, 0.15) is 46.4 Å². The third-order valence-corrected chi connectivity index (χ3v) is 3.62. The van der Waals surface area contributed by atoms with Crippen molar-refractivity contribution in [2.75, 3.05) is 5.75 Å². The molecule has 5 nitrogen and oxygen atoms in total. The Hall–Kier alpha value is -1.04. The van der Waals surface area contributed by atoms with E-state index in [0.717, 1.165) is 31.6 Å². The van der Waals surface area contributed by atoms with E-state index < -0.39 is 5.97 Å². The van der Waals surface area contributed by atoms with Crippen molar-refractivity contribution in [1.82, 2.24) is 14.8 Å². The second kappa shape index (κ2) is 6.93. The van der Waals surface area contributed by atoms with Crippen LogP contribution in [0.2, 0.25) is 0 Å². The predicted molar refractivity (Wildman–Crippen MR) is 76.4 cm³/mol. The van der Waals surface area contributed by atoms with Gasteiger partial charge in [-0.3, -0.25) is 4.79 Å². The van der Waals surface area contributed by atoms with Crippen LogP contribution >= 0.6 is 11.8 Å². The van der Waals surface area contributed by atoms with Crippen LogP contribution in [0, 0.1) is 5.41 Å². The van der Waals surface area contributed by atoms with Crippen LogP contribution in [0.5, 0.6) is 0 Å². The Morgan fingerprint density at radius 1 is 1.37 bits per heavy atom. The maximum atomic E-state index is 10.6. The van der Waals surface area contributed by atoms with Crippen molar-refractivity contribution in [1.29, 1.82) is 0 Å². The average Bonchev–Trinajstić information content (AvgIpc) is 2.66. The molecule has 0 aromatic carbocycles. The van der Waals surface area contributed by atoms with Gasteiger partial charge < -0.3 is 9.67 Å². The zero-order valence-corrected chi connectivity index (χ0v) is 13.0. The molecule has 0 bridgehead atoms. The molecular weight excluding hydrogens is 262 g/mol. The minimum atomic E-state index is -0.827. The number of nitrogens with zero attached hydrogens (tertiary/aromatic N) is 3. The third-order valence-electron chi connectivity index (χ3n) is 2.66. The zero-order valence-electron chi connectivity index (χ0n) is 12.1. The number of hydrogen-bond acceptors (Lipinski definition) is 4. The Morgan fingerprint density at radius 3 is 2.58 bits per heavy atom. The van der Waals surface area contributed by atoms with E-state index in [4.69, 9.17) is 5.11 Å². The Labute approximate surface area is 118 Å². The van der Waals surface area contributed by atoms with Crippen molar-refractivity contribution in [2.45, 2.75) is 58.7 Å². The second-order valence-electron chi connectivity index (χ2n) is 5.79. The summed E-state index contributed by atoms with van der Waals surface area (Å²) in [6.07, 6.45) is 2.91. The molecule has 1 aromatic rings. The monoisotopic (exact) mass is 285 g/mol.